The van der Waals surface area contributed by atoms with Gasteiger partial charge in [0.05, 0.1) is 0 Å². The van der Waals surface area contributed by atoms with E-state index in [1.807, 2.05) is 6.92 Å². The third-order valence-corrected chi connectivity index (χ3v) is 1.63. The Morgan fingerprint density at radius 3 is 2.30 bits per heavy atom. The molecule has 1 aromatic rings. The van der Waals surface area contributed by atoms with Crippen molar-refractivity contribution in [1.82, 2.24) is 4.57 Å². The van der Waals surface area contributed by atoms with Crippen molar-refractivity contribution in [2.24, 2.45) is 7.05 Å². The maximum Gasteiger partial charge on any atom is 0.196 e. The fourth-order valence-corrected chi connectivity index (χ4v) is 0.901. The predicted molar refractivity (Wildman–Crippen MR) is 38.1 cm³/mol. The summed E-state index contributed by atoms with van der Waals surface area (Å²) >= 11 is 0. The number of aromatic nitrogens is 1. The summed E-state index contributed by atoms with van der Waals surface area (Å²) in [6, 6.07) is 1.56. The van der Waals surface area contributed by atoms with Gasteiger partial charge in [0.15, 0.2) is 11.8 Å². The van der Waals surface area contributed by atoms with Crippen molar-refractivity contribution in [3.05, 3.63) is 11.6 Å². The van der Waals surface area contributed by atoms with E-state index in [-0.39, 0.29) is 11.8 Å². The lowest BCUT2D eigenvalue weighted by Gasteiger charge is -1.96. The van der Waals surface area contributed by atoms with Crippen molar-refractivity contribution in [2.45, 2.75) is 13.3 Å². The molecular formula is C7H11NO2. The average Bonchev–Trinajstić information content (AvgIpc) is 2.17. The Bertz CT molecular complexity index is 240. The van der Waals surface area contributed by atoms with Crippen LogP contribution < -0.4 is 0 Å². The summed E-state index contributed by atoms with van der Waals surface area (Å²) in [5, 5.41) is 18.3. The van der Waals surface area contributed by atoms with E-state index in [0.29, 0.717) is 0 Å². The van der Waals surface area contributed by atoms with Crippen LogP contribution in [-0.4, -0.2) is 14.8 Å². The van der Waals surface area contributed by atoms with Gasteiger partial charge >= 0.3 is 0 Å². The van der Waals surface area contributed by atoms with Gasteiger partial charge in [-0.25, -0.2) is 0 Å². The van der Waals surface area contributed by atoms with Crippen LogP contribution in [-0.2, 0) is 13.5 Å². The van der Waals surface area contributed by atoms with Gasteiger partial charge in [-0.15, -0.1) is 0 Å². The van der Waals surface area contributed by atoms with Crippen LogP contribution in [0.1, 0.15) is 12.5 Å². The summed E-state index contributed by atoms with van der Waals surface area (Å²) in [5.41, 5.74) is 0.778. The molecule has 0 aliphatic carbocycles. The monoisotopic (exact) mass is 141 g/mol. The maximum atomic E-state index is 9.22. The summed E-state index contributed by atoms with van der Waals surface area (Å²) in [7, 11) is 1.61. The molecule has 0 aliphatic rings. The maximum absolute atomic E-state index is 9.22. The number of aryl methyl sites for hydroxylation is 1. The van der Waals surface area contributed by atoms with Crippen LogP contribution in [0.5, 0.6) is 11.8 Å². The number of hydrogen-bond acceptors (Lipinski definition) is 2. The van der Waals surface area contributed by atoms with Crippen molar-refractivity contribution in [3.63, 3.8) is 0 Å². The third-order valence-electron chi connectivity index (χ3n) is 1.63. The highest BCUT2D eigenvalue weighted by Crippen LogP contribution is 2.25. The first kappa shape index (κ1) is 6.99. The van der Waals surface area contributed by atoms with E-state index in [2.05, 4.69) is 0 Å². The molecule has 2 N–H and O–H groups in total. The van der Waals surface area contributed by atoms with Crippen molar-refractivity contribution < 1.29 is 10.2 Å². The molecule has 0 atom stereocenters. The first-order valence-corrected chi connectivity index (χ1v) is 3.23. The molecule has 0 aliphatic heterocycles. The first-order valence-electron chi connectivity index (χ1n) is 3.23. The lowest BCUT2D eigenvalue weighted by atomic mass is 10.2. The van der Waals surface area contributed by atoms with Gasteiger partial charge in [-0.05, 0) is 6.42 Å². The van der Waals surface area contributed by atoms with Crippen LogP contribution in [0.4, 0.5) is 0 Å². The summed E-state index contributed by atoms with van der Waals surface area (Å²) in [6.45, 7) is 1.93. The van der Waals surface area contributed by atoms with Crippen molar-refractivity contribution >= 4 is 0 Å². The standard InChI is InChI=1S/C7H11NO2/c1-3-5-4-6(9)8(2)7(5)10/h4,9-10H,3H2,1-2H3. The van der Waals surface area contributed by atoms with Gasteiger partial charge in [-0.2, -0.15) is 0 Å². The summed E-state index contributed by atoms with van der Waals surface area (Å²) in [6.07, 6.45) is 0.736. The number of rotatable bonds is 1. The zero-order chi connectivity index (χ0) is 7.72. The normalized spacial score (nSPS) is 10.2. The zero-order valence-electron chi connectivity index (χ0n) is 6.13. The molecule has 3 heteroatoms. The molecule has 0 saturated heterocycles. The minimum Gasteiger partial charge on any atom is -0.494 e. The summed E-state index contributed by atoms with van der Waals surface area (Å²) in [4.78, 5) is 0. The number of hydrogen-bond donors (Lipinski definition) is 2. The van der Waals surface area contributed by atoms with E-state index in [0.717, 1.165) is 12.0 Å². The Kier molecular flexibility index (Phi) is 1.57. The highest BCUT2D eigenvalue weighted by molar-refractivity contribution is 5.34. The molecule has 0 saturated carbocycles. The molecule has 0 bridgehead atoms. The number of nitrogens with zero attached hydrogens (tertiary/aromatic N) is 1. The van der Waals surface area contributed by atoms with Gasteiger partial charge < -0.3 is 10.2 Å². The van der Waals surface area contributed by atoms with Crippen LogP contribution in [0.25, 0.3) is 0 Å². The Morgan fingerprint density at radius 1 is 1.50 bits per heavy atom. The van der Waals surface area contributed by atoms with Gasteiger partial charge in [0.1, 0.15) is 0 Å². The molecular weight excluding hydrogens is 130 g/mol. The first-order chi connectivity index (χ1) is 4.66. The van der Waals surface area contributed by atoms with Gasteiger partial charge in [0.25, 0.3) is 0 Å². The molecule has 10 heavy (non-hydrogen) atoms. The van der Waals surface area contributed by atoms with Crippen LogP contribution in [0, 0.1) is 0 Å². The highest BCUT2D eigenvalue weighted by atomic mass is 16.3. The molecule has 3 nitrogen and oxygen atoms in total. The Balaban J connectivity index is 3.17. The SMILES string of the molecule is CCc1cc(O)n(C)c1O. The second kappa shape index (κ2) is 2.25. The molecule has 56 valence electrons. The Labute approximate surface area is 59.5 Å². The second-order valence-electron chi connectivity index (χ2n) is 2.26. The smallest absolute Gasteiger partial charge is 0.196 e. The largest absolute Gasteiger partial charge is 0.494 e. The minimum atomic E-state index is 0.106. The third kappa shape index (κ3) is 0.835. The molecule has 0 aromatic carbocycles. The van der Waals surface area contributed by atoms with Gasteiger partial charge in [0.2, 0.25) is 0 Å². The van der Waals surface area contributed by atoms with Gasteiger partial charge in [-0.3, -0.25) is 4.57 Å². The fraction of sp³-hybridized carbons (Fsp3) is 0.429. The van der Waals surface area contributed by atoms with Crippen LogP contribution in [0.15, 0.2) is 6.07 Å². The lowest BCUT2D eigenvalue weighted by Crippen LogP contribution is -1.85. The zero-order valence-corrected chi connectivity index (χ0v) is 6.13. The molecule has 1 heterocycles. The minimum absolute atomic E-state index is 0.106. The van der Waals surface area contributed by atoms with E-state index in [1.54, 1.807) is 13.1 Å². The highest BCUT2D eigenvalue weighted by Gasteiger charge is 2.07. The van der Waals surface area contributed by atoms with E-state index in [4.69, 9.17) is 5.11 Å². The summed E-state index contributed by atoms with van der Waals surface area (Å²) < 4.78 is 1.35. The molecule has 0 amide bonds. The molecule has 1 rings (SSSR count). The molecule has 0 radical (unpaired) electrons. The molecule has 0 spiro atoms. The average molecular weight is 141 g/mol. The second-order valence-corrected chi connectivity index (χ2v) is 2.26. The Morgan fingerprint density at radius 2 is 2.10 bits per heavy atom. The molecule has 0 unspecified atom stereocenters. The summed E-state index contributed by atoms with van der Waals surface area (Å²) in [5.74, 6) is 0.259. The quantitative estimate of drug-likeness (QED) is 0.612. The fourth-order valence-electron chi connectivity index (χ4n) is 0.901. The van der Waals surface area contributed by atoms with E-state index in [9.17, 15) is 5.11 Å². The van der Waals surface area contributed by atoms with Gasteiger partial charge in [-0.1, -0.05) is 6.92 Å². The van der Waals surface area contributed by atoms with Crippen LogP contribution >= 0.6 is 0 Å². The van der Waals surface area contributed by atoms with Gasteiger partial charge in [0, 0.05) is 18.7 Å². The predicted octanol–water partition coefficient (Wildman–Crippen LogP) is 0.999. The Hall–Kier alpha value is -1.12. The van der Waals surface area contributed by atoms with Crippen molar-refractivity contribution in [3.8, 4) is 11.8 Å². The van der Waals surface area contributed by atoms with Crippen molar-refractivity contribution in [1.29, 1.82) is 0 Å². The molecule has 1 aromatic heterocycles. The van der Waals surface area contributed by atoms with Crippen LogP contribution in [0.2, 0.25) is 0 Å². The van der Waals surface area contributed by atoms with Crippen LogP contribution in [0.3, 0.4) is 0 Å². The van der Waals surface area contributed by atoms with E-state index < -0.39 is 0 Å². The van der Waals surface area contributed by atoms with Crippen molar-refractivity contribution in [2.75, 3.05) is 0 Å². The lowest BCUT2D eigenvalue weighted by molar-refractivity contribution is 0.385. The number of aromatic hydroxyl groups is 2. The molecule has 0 fully saturated rings. The van der Waals surface area contributed by atoms with E-state index >= 15 is 0 Å². The topological polar surface area (TPSA) is 45.4 Å². The van der Waals surface area contributed by atoms with E-state index in [1.165, 1.54) is 4.57 Å².